The number of unbranched alkanes of at least 4 members (excludes halogenated alkanes) is 2. The minimum atomic E-state index is -0.650. The lowest BCUT2D eigenvalue weighted by Crippen LogP contribution is -2.17. The summed E-state index contributed by atoms with van der Waals surface area (Å²) in [6, 6.07) is 32.2. The lowest BCUT2D eigenvalue weighted by atomic mass is 10.1. The maximum atomic E-state index is 12.4. The van der Waals surface area contributed by atoms with Gasteiger partial charge in [-0.15, -0.1) is 0 Å². The van der Waals surface area contributed by atoms with E-state index in [-0.39, 0.29) is 18.3 Å². The molecular weight excluding hydrogens is 769 g/mol. The Labute approximate surface area is 346 Å². The molecule has 6 aromatic rings. The Morgan fingerprint density at radius 3 is 1.75 bits per heavy atom. The number of ether oxygens (including phenoxy) is 4. The summed E-state index contributed by atoms with van der Waals surface area (Å²) in [4.78, 5) is 45.7. The zero-order valence-electron chi connectivity index (χ0n) is 33.2. The minimum Gasteiger partial charge on any atom is -0.508 e. The van der Waals surface area contributed by atoms with Gasteiger partial charge in [0.15, 0.2) is 0 Å². The first-order chi connectivity index (χ1) is 29.1. The van der Waals surface area contributed by atoms with Crippen LogP contribution in [0.5, 0.6) is 11.5 Å². The van der Waals surface area contributed by atoms with Crippen LogP contribution < -0.4 is 16.0 Å². The van der Waals surface area contributed by atoms with Crippen molar-refractivity contribution in [2.75, 3.05) is 26.4 Å². The van der Waals surface area contributed by atoms with Crippen molar-refractivity contribution in [2.24, 2.45) is 0 Å². The third-order valence-electron chi connectivity index (χ3n) is 9.12. The van der Waals surface area contributed by atoms with Crippen molar-refractivity contribution in [1.29, 1.82) is 0 Å². The molecule has 312 valence electrons. The first-order valence-electron chi connectivity index (χ1n) is 19.6. The average Bonchev–Trinajstić information content (AvgIpc) is 4.10. The molecule has 0 aliphatic carbocycles. The van der Waals surface area contributed by atoms with Crippen LogP contribution in [0.25, 0.3) is 44.2 Å². The first-order valence-corrected chi connectivity index (χ1v) is 19.6. The number of benzene rings is 4. The van der Waals surface area contributed by atoms with E-state index in [1.165, 1.54) is 12.1 Å². The summed E-state index contributed by atoms with van der Waals surface area (Å²) in [7, 11) is 0. The molecule has 1 aliphatic rings. The Morgan fingerprint density at radius 2 is 1.22 bits per heavy atom. The molecule has 4 aromatic carbocycles. The number of esters is 2. The summed E-state index contributed by atoms with van der Waals surface area (Å²) < 4.78 is 31.0. The van der Waals surface area contributed by atoms with Crippen molar-refractivity contribution < 1.29 is 47.6 Å². The molecule has 60 heavy (non-hydrogen) atoms. The molecular formula is C48H48O12. The second-order valence-corrected chi connectivity index (χ2v) is 13.7. The highest BCUT2D eigenvalue weighted by Gasteiger charge is 2.21. The van der Waals surface area contributed by atoms with Gasteiger partial charge < -0.3 is 38.0 Å². The molecule has 2 atom stereocenters. The highest BCUT2D eigenvalue weighted by molar-refractivity contribution is 5.84. The second-order valence-electron chi connectivity index (χ2n) is 13.7. The fraction of sp³-hybridized carbons (Fsp3) is 0.250. The molecule has 7 rings (SSSR count). The molecule has 0 spiro atoms. The Balaban J connectivity index is 0.000000191. The van der Waals surface area contributed by atoms with Crippen LogP contribution in [0.1, 0.15) is 38.5 Å². The van der Waals surface area contributed by atoms with Crippen LogP contribution in [0.4, 0.5) is 0 Å². The molecule has 0 bridgehead atoms. The first kappa shape index (κ1) is 44.3. The van der Waals surface area contributed by atoms with Crippen LogP contribution >= 0.6 is 0 Å². The largest absolute Gasteiger partial charge is 0.508 e. The van der Waals surface area contributed by atoms with E-state index < -0.39 is 23.3 Å². The van der Waals surface area contributed by atoms with Crippen LogP contribution in [0.2, 0.25) is 0 Å². The number of aliphatic hydroxyl groups is 1. The molecule has 12 heteroatoms. The second kappa shape index (κ2) is 23.0. The maximum absolute atomic E-state index is 12.4. The Hall–Kier alpha value is -6.76. The number of carbonyl (C=O) groups excluding carboxylic acids is 2. The smallest absolute Gasteiger partial charge is 0.344 e. The average molecular weight is 817 g/mol. The van der Waals surface area contributed by atoms with Crippen molar-refractivity contribution in [3.05, 3.63) is 155 Å². The monoisotopic (exact) mass is 816 g/mol. The van der Waals surface area contributed by atoms with Crippen LogP contribution in [-0.4, -0.2) is 60.8 Å². The fourth-order valence-corrected chi connectivity index (χ4v) is 5.85. The molecule has 12 nitrogen and oxygen atoms in total. The number of phenols is 1. The van der Waals surface area contributed by atoms with Gasteiger partial charge in [0.25, 0.3) is 0 Å². The van der Waals surface area contributed by atoms with Crippen molar-refractivity contribution >= 4 is 33.9 Å². The summed E-state index contributed by atoms with van der Waals surface area (Å²) in [5.41, 5.74) is 2.65. The van der Waals surface area contributed by atoms with E-state index in [1.807, 2.05) is 66.7 Å². The van der Waals surface area contributed by atoms with Gasteiger partial charge in [0, 0.05) is 35.1 Å². The van der Waals surface area contributed by atoms with Crippen molar-refractivity contribution in [3.63, 3.8) is 0 Å². The number of hydrogen-bond donors (Lipinski definition) is 2. The lowest BCUT2D eigenvalue weighted by molar-refractivity contribution is -0.138. The molecule has 1 aliphatic heterocycles. The van der Waals surface area contributed by atoms with Gasteiger partial charge in [-0.3, -0.25) is 0 Å². The van der Waals surface area contributed by atoms with Gasteiger partial charge in [0.05, 0.1) is 43.2 Å². The molecule has 2 N–H and O–H groups in total. The molecule has 3 heterocycles. The van der Waals surface area contributed by atoms with E-state index in [0.717, 1.165) is 53.8 Å². The number of phenolic OH excluding ortho intramolecular Hbond substituents is 1. The van der Waals surface area contributed by atoms with E-state index in [2.05, 4.69) is 13.2 Å². The van der Waals surface area contributed by atoms with Crippen LogP contribution in [0.15, 0.2) is 153 Å². The van der Waals surface area contributed by atoms with Crippen molar-refractivity contribution in [2.45, 2.75) is 50.7 Å². The van der Waals surface area contributed by atoms with Crippen LogP contribution in [-0.2, 0) is 23.8 Å². The number of aromatic hydroxyl groups is 1. The van der Waals surface area contributed by atoms with Gasteiger partial charge in [-0.2, -0.15) is 0 Å². The summed E-state index contributed by atoms with van der Waals surface area (Å²) in [5.74, 6) is -0.189. The quantitative estimate of drug-likeness (QED) is 0.0296. The predicted molar refractivity (Wildman–Crippen MR) is 229 cm³/mol. The van der Waals surface area contributed by atoms with Gasteiger partial charge in [-0.05, 0) is 86.1 Å². The summed E-state index contributed by atoms with van der Waals surface area (Å²) in [6.45, 7) is 8.45. The van der Waals surface area contributed by atoms with Gasteiger partial charge in [0.1, 0.15) is 29.3 Å². The van der Waals surface area contributed by atoms with E-state index in [0.29, 0.717) is 66.6 Å². The van der Waals surface area contributed by atoms with E-state index >= 15 is 0 Å². The molecule has 1 saturated heterocycles. The third kappa shape index (κ3) is 14.3. The normalized spacial score (nSPS) is 13.1. The Bertz CT molecular complexity index is 2450. The maximum Gasteiger partial charge on any atom is 0.344 e. The minimum absolute atomic E-state index is 0.0816. The number of epoxide rings is 1. The molecule has 1 fully saturated rings. The van der Waals surface area contributed by atoms with E-state index in [1.54, 1.807) is 36.4 Å². The molecule has 0 radical (unpaired) electrons. The number of carbonyl (C=O) groups is 2. The zero-order valence-corrected chi connectivity index (χ0v) is 33.2. The predicted octanol–water partition coefficient (Wildman–Crippen LogP) is 8.55. The molecule has 0 saturated carbocycles. The highest BCUT2D eigenvalue weighted by Crippen LogP contribution is 2.26. The summed E-state index contributed by atoms with van der Waals surface area (Å²) in [6.07, 6.45) is 7.09. The highest BCUT2D eigenvalue weighted by atomic mass is 16.6. The van der Waals surface area contributed by atoms with Gasteiger partial charge >= 0.3 is 23.2 Å². The Morgan fingerprint density at radius 1 is 0.700 bits per heavy atom. The molecule has 2 aromatic heterocycles. The number of aliphatic hydroxyl groups excluding tert-OH is 1. The van der Waals surface area contributed by atoms with Gasteiger partial charge in [-0.25, -0.2) is 19.2 Å². The summed E-state index contributed by atoms with van der Waals surface area (Å²) >= 11 is 0. The van der Waals surface area contributed by atoms with Crippen LogP contribution in [0.3, 0.4) is 0 Å². The lowest BCUT2D eigenvalue weighted by Gasteiger charge is -2.12. The number of rotatable bonds is 17. The molecule has 0 amide bonds. The fourth-order valence-electron chi connectivity index (χ4n) is 5.85. The molecule has 2 unspecified atom stereocenters. The topological polar surface area (TPSA) is 175 Å². The Kier molecular flexibility index (Phi) is 17.0. The third-order valence-corrected chi connectivity index (χ3v) is 9.12. The van der Waals surface area contributed by atoms with E-state index in [9.17, 15) is 29.4 Å². The van der Waals surface area contributed by atoms with E-state index in [4.69, 9.17) is 27.8 Å². The zero-order chi connectivity index (χ0) is 42.7. The number of hydrogen-bond acceptors (Lipinski definition) is 12. The summed E-state index contributed by atoms with van der Waals surface area (Å²) in [5, 5.41) is 21.0. The van der Waals surface area contributed by atoms with Gasteiger partial charge in [0.2, 0.25) is 0 Å². The van der Waals surface area contributed by atoms with Crippen molar-refractivity contribution in [3.8, 4) is 33.8 Å². The van der Waals surface area contributed by atoms with Crippen LogP contribution in [0, 0.1) is 0 Å². The SMILES string of the molecule is C=CC(=O)OCCCCC(O)COc1ccc2cc(-c3ccccc3)c(=O)oc2c1.C=CC(=O)OCCCCC1CO1.O=c1oc2cc(O)ccc2cc1-c1ccccc1. The van der Waals surface area contributed by atoms with Gasteiger partial charge in [-0.1, -0.05) is 73.8 Å². The number of fused-ring (bicyclic) bond motifs is 2. The standard InChI is InChI=1S/C24H24O6.C15H10O3.C9H14O3/c1-2-23(26)28-13-7-6-10-19(25)16-29-20-12-11-18-14-21(17-8-4-3-5-9-17)24(27)30-22(18)15-20;16-12-7-6-11-8-13(10-4-2-1-3-5-10)15(17)18-14(11)9-12;1-2-9(10)11-6-4-3-5-8-7-12-8/h2-5,8-9,11-12,14-15,19,25H,1,6-7,10,13,16H2;1-9,16H;2,8H,1,3-7H2. The van der Waals surface area contributed by atoms with Crippen molar-refractivity contribution in [1.82, 2.24) is 0 Å².